The molecule has 2 aromatic carbocycles. The Labute approximate surface area is 137 Å². The fraction of sp³-hybridized carbons (Fsp3) is 0.176. The smallest absolute Gasteiger partial charge is 0.339 e. The van der Waals surface area contributed by atoms with E-state index in [1.165, 1.54) is 37.4 Å². The number of hydrogen-bond donors (Lipinski definition) is 2. The highest BCUT2D eigenvalue weighted by molar-refractivity contribution is 5.91. The van der Waals surface area contributed by atoms with Crippen molar-refractivity contribution in [3.8, 4) is 11.5 Å². The van der Waals surface area contributed by atoms with Crippen LogP contribution in [0, 0.1) is 5.82 Å². The normalized spacial score (nSPS) is 10.1. The zero-order valence-corrected chi connectivity index (χ0v) is 12.9. The Hall–Kier alpha value is -3.09. The molecule has 1 amide bonds. The summed E-state index contributed by atoms with van der Waals surface area (Å²) in [5.74, 6) is -1.52. The van der Waals surface area contributed by atoms with E-state index < -0.39 is 11.9 Å². The Morgan fingerprint density at radius 1 is 1.17 bits per heavy atom. The van der Waals surface area contributed by atoms with Gasteiger partial charge in [-0.3, -0.25) is 4.79 Å². The fourth-order valence-corrected chi connectivity index (χ4v) is 1.93. The van der Waals surface area contributed by atoms with E-state index in [9.17, 15) is 14.0 Å². The third kappa shape index (κ3) is 4.70. The molecule has 24 heavy (non-hydrogen) atoms. The minimum absolute atomic E-state index is 0.0697. The highest BCUT2D eigenvalue weighted by atomic mass is 19.1. The Kier molecular flexibility index (Phi) is 5.73. The van der Waals surface area contributed by atoms with E-state index in [0.717, 1.165) is 5.56 Å². The van der Waals surface area contributed by atoms with Crippen molar-refractivity contribution in [2.24, 2.45) is 0 Å². The highest BCUT2D eigenvalue weighted by Crippen LogP contribution is 2.24. The maximum absolute atomic E-state index is 12.8. The van der Waals surface area contributed by atoms with Crippen LogP contribution in [0.1, 0.15) is 15.9 Å². The van der Waals surface area contributed by atoms with Gasteiger partial charge in [0.05, 0.1) is 7.11 Å². The third-order valence-electron chi connectivity index (χ3n) is 3.18. The lowest BCUT2D eigenvalue weighted by atomic mass is 10.2. The van der Waals surface area contributed by atoms with Crippen LogP contribution in [0.3, 0.4) is 0 Å². The summed E-state index contributed by atoms with van der Waals surface area (Å²) >= 11 is 0. The second kappa shape index (κ2) is 7.96. The van der Waals surface area contributed by atoms with Crippen molar-refractivity contribution in [3.63, 3.8) is 0 Å². The van der Waals surface area contributed by atoms with Gasteiger partial charge in [0.1, 0.15) is 22.9 Å². The van der Waals surface area contributed by atoms with E-state index in [2.05, 4.69) is 5.32 Å². The molecule has 0 saturated heterocycles. The molecule has 0 radical (unpaired) electrons. The van der Waals surface area contributed by atoms with Crippen LogP contribution in [0.15, 0.2) is 42.5 Å². The number of carbonyl (C=O) groups is 2. The minimum Gasteiger partial charge on any atom is -0.497 e. The van der Waals surface area contributed by atoms with Crippen LogP contribution < -0.4 is 14.8 Å². The molecule has 126 valence electrons. The first kappa shape index (κ1) is 17.3. The molecule has 0 fully saturated rings. The van der Waals surface area contributed by atoms with Crippen molar-refractivity contribution in [2.45, 2.75) is 6.54 Å². The Bertz CT molecular complexity index is 730. The van der Waals surface area contributed by atoms with Gasteiger partial charge >= 0.3 is 5.97 Å². The number of halogens is 1. The molecule has 0 heterocycles. The molecule has 2 aromatic rings. The predicted molar refractivity (Wildman–Crippen MR) is 83.7 cm³/mol. The first-order valence-corrected chi connectivity index (χ1v) is 7.05. The number of rotatable bonds is 7. The predicted octanol–water partition coefficient (Wildman–Crippen LogP) is 2.23. The molecule has 0 unspecified atom stereocenters. The van der Waals surface area contributed by atoms with Gasteiger partial charge in [-0.05, 0) is 35.9 Å². The molecular formula is C17H16FNO5. The van der Waals surface area contributed by atoms with Gasteiger partial charge in [0.15, 0.2) is 6.61 Å². The third-order valence-corrected chi connectivity index (χ3v) is 3.18. The van der Waals surface area contributed by atoms with Crippen molar-refractivity contribution in [2.75, 3.05) is 13.7 Å². The van der Waals surface area contributed by atoms with E-state index in [1.54, 1.807) is 12.1 Å². The molecule has 0 aliphatic carbocycles. The molecule has 6 nitrogen and oxygen atoms in total. The van der Waals surface area contributed by atoms with Crippen LogP contribution in [0.4, 0.5) is 4.39 Å². The number of carbonyl (C=O) groups excluding carboxylic acids is 1. The van der Waals surface area contributed by atoms with Gasteiger partial charge in [-0.1, -0.05) is 12.1 Å². The Morgan fingerprint density at radius 3 is 2.50 bits per heavy atom. The zero-order valence-electron chi connectivity index (χ0n) is 12.9. The molecular weight excluding hydrogens is 317 g/mol. The maximum Gasteiger partial charge on any atom is 0.339 e. The highest BCUT2D eigenvalue weighted by Gasteiger charge is 2.14. The lowest BCUT2D eigenvalue weighted by Gasteiger charge is -2.11. The second-order valence-electron chi connectivity index (χ2n) is 4.86. The lowest BCUT2D eigenvalue weighted by molar-refractivity contribution is -0.123. The SMILES string of the molecule is COc1ccc(OCC(=O)NCc2ccc(F)cc2)c(C(=O)O)c1. The van der Waals surface area contributed by atoms with Gasteiger partial charge in [-0.2, -0.15) is 0 Å². The topological polar surface area (TPSA) is 84.9 Å². The molecule has 0 bridgehead atoms. The number of aromatic carboxylic acids is 1. The standard InChI is InChI=1S/C17H16FNO5/c1-23-13-6-7-15(14(8-13)17(21)22)24-10-16(20)19-9-11-2-4-12(18)5-3-11/h2-8H,9-10H2,1H3,(H,19,20)(H,21,22). The van der Waals surface area contributed by atoms with E-state index in [1.807, 2.05) is 0 Å². The first-order valence-electron chi connectivity index (χ1n) is 7.05. The van der Waals surface area contributed by atoms with Crippen LogP contribution in [0.5, 0.6) is 11.5 Å². The van der Waals surface area contributed by atoms with Gasteiger partial charge in [0, 0.05) is 6.54 Å². The van der Waals surface area contributed by atoms with Crippen LogP contribution in [-0.4, -0.2) is 30.7 Å². The largest absolute Gasteiger partial charge is 0.497 e. The van der Waals surface area contributed by atoms with Crippen molar-refractivity contribution in [1.82, 2.24) is 5.32 Å². The average Bonchev–Trinajstić information content (AvgIpc) is 2.59. The van der Waals surface area contributed by atoms with Crippen LogP contribution in [-0.2, 0) is 11.3 Å². The van der Waals surface area contributed by atoms with Gasteiger partial charge < -0.3 is 19.9 Å². The summed E-state index contributed by atoms with van der Waals surface area (Å²) in [4.78, 5) is 23.0. The molecule has 0 aliphatic rings. The number of carboxylic acids is 1. The van der Waals surface area contributed by atoms with Crippen molar-refractivity contribution < 1.29 is 28.6 Å². The van der Waals surface area contributed by atoms with Gasteiger partial charge in [-0.25, -0.2) is 9.18 Å². The monoisotopic (exact) mass is 333 g/mol. The second-order valence-corrected chi connectivity index (χ2v) is 4.86. The number of ether oxygens (including phenoxy) is 2. The number of hydrogen-bond acceptors (Lipinski definition) is 4. The summed E-state index contributed by atoms with van der Waals surface area (Å²) in [5, 5.41) is 11.8. The van der Waals surface area contributed by atoms with Crippen LogP contribution in [0.2, 0.25) is 0 Å². The molecule has 0 aromatic heterocycles. The van der Waals surface area contributed by atoms with E-state index >= 15 is 0 Å². The lowest BCUT2D eigenvalue weighted by Crippen LogP contribution is -2.28. The number of carboxylic acid groups (broad SMARTS) is 1. The number of benzene rings is 2. The van der Waals surface area contributed by atoms with E-state index in [4.69, 9.17) is 14.6 Å². The summed E-state index contributed by atoms with van der Waals surface area (Å²) in [5.41, 5.74) is 0.640. The van der Waals surface area contributed by atoms with Gasteiger partial charge in [-0.15, -0.1) is 0 Å². The van der Waals surface area contributed by atoms with Crippen LogP contribution >= 0.6 is 0 Å². The molecule has 7 heteroatoms. The zero-order chi connectivity index (χ0) is 17.5. The van der Waals surface area contributed by atoms with E-state index in [0.29, 0.717) is 5.75 Å². The Balaban J connectivity index is 1.91. The summed E-state index contributed by atoms with van der Waals surface area (Å²) in [6.07, 6.45) is 0. The number of nitrogens with one attached hydrogen (secondary N) is 1. The molecule has 0 aliphatic heterocycles. The van der Waals surface area contributed by atoms with Crippen molar-refractivity contribution in [1.29, 1.82) is 0 Å². The molecule has 0 saturated carbocycles. The van der Waals surface area contributed by atoms with E-state index in [-0.39, 0.29) is 30.3 Å². The van der Waals surface area contributed by atoms with Gasteiger partial charge in [0.2, 0.25) is 0 Å². The average molecular weight is 333 g/mol. The number of methoxy groups -OCH3 is 1. The van der Waals surface area contributed by atoms with Crippen molar-refractivity contribution >= 4 is 11.9 Å². The summed E-state index contributed by atoms with van der Waals surface area (Å²) in [6.45, 7) is -0.120. The summed E-state index contributed by atoms with van der Waals surface area (Å²) in [6, 6.07) is 10.00. The fourth-order valence-electron chi connectivity index (χ4n) is 1.93. The molecule has 0 spiro atoms. The maximum atomic E-state index is 12.8. The van der Waals surface area contributed by atoms with Gasteiger partial charge in [0.25, 0.3) is 5.91 Å². The first-order chi connectivity index (χ1) is 11.5. The molecule has 2 N–H and O–H groups in total. The Morgan fingerprint density at radius 2 is 1.88 bits per heavy atom. The van der Waals surface area contributed by atoms with Crippen molar-refractivity contribution in [3.05, 3.63) is 59.4 Å². The quantitative estimate of drug-likeness (QED) is 0.812. The summed E-state index contributed by atoms with van der Waals surface area (Å²) < 4.78 is 23.0. The minimum atomic E-state index is -1.18. The number of amides is 1. The van der Waals surface area contributed by atoms with Crippen LogP contribution in [0.25, 0.3) is 0 Å². The summed E-state index contributed by atoms with van der Waals surface area (Å²) in [7, 11) is 1.42. The molecule has 2 rings (SSSR count). The molecule has 0 atom stereocenters.